The number of sulfonamides is 1. The fraction of sp³-hybridized carbons (Fsp3) is 0.364. The lowest BCUT2D eigenvalue weighted by Crippen LogP contribution is -2.37. The normalized spacial score (nSPS) is 15.6. The highest BCUT2D eigenvalue weighted by molar-refractivity contribution is 7.89. The fourth-order valence-corrected chi connectivity index (χ4v) is 2.74. The second kappa shape index (κ2) is 5.87. The molecule has 0 unspecified atom stereocenters. The Labute approximate surface area is 125 Å². The first-order valence-corrected chi connectivity index (χ1v) is 7.67. The van der Waals surface area contributed by atoms with Gasteiger partial charge in [-0.25, -0.2) is 18.4 Å². The van der Waals surface area contributed by atoms with Gasteiger partial charge >= 0.3 is 5.97 Å². The van der Waals surface area contributed by atoms with E-state index >= 15 is 0 Å². The smallest absolute Gasteiger partial charge is 0.338 e. The highest BCUT2D eigenvalue weighted by Crippen LogP contribution is 2.35. The number of rotatable bonds is 4. The first-order chi connectivity index (χ1) is 10.2. The number of nitro benzene ring substituents is 1. The van der Waals surface area contributed by atoms with Crippen molar-refractivity contribution in [3.05, 3.63) is 27.8 Å². The lowest BCUT2D eigenvalue weighted by Gasteiger charge is -2.29. The van der Waals surface area contributed by atoms with E-state index in [0.29, 0.717) is 0 Å². The van der Waals surface area contributed by atoms with Gasteiger partial charge in [0, 0.05) is 19.2 Å². The zero-order valence-corrected chi connectivity index (χ0v) is 12.1. The summed E-state index contributed by atoms with van der Waals surface area (Å²) >= 11 is 0. The minimum atomic E-state index is -4.27. The van der Waals surface area contributed by atoms with Gasteiger partial charge in [-0.3, -0.25) is 10.1 Å². The van der Waals surface area contributed by atoms with Crippen LogP contribution in [0.5, 0.6) is 0 Å². The van der Waals surface area contributed by atoms with Crippen LogP contribution >= 0.6 is 0 Å². The van der Waals surface area contributed by atoms with E-state index in [0.717, 1.165) is 12.1 Å². The molecule has 1 aliphatic heterocycles. The number of morpholine rings is 1. The van der Waals surface area contributed by atoms with Gasteiger partial charge in [0.2, 0.25) is 10.0 Å². The van der Waals surface area contributed by atoms with Crippen LogP contribution in [0.2, 0.25) is 0 Å². The summed E-state index contributed by atoms with van der Waals surface area (Å²) in [5.41, 5.74) is -1.25. The van der Waals surface area contributed by atoms with Crippen LogP contribution in [0.3, 0.4) is 0 Å². The average molecular weight is 331 g/mol. The summed E-state index contributed by atoms with van der Waals surface area (Å²) < 4.78 is 27.9. The fourth-order valence-electron chi connectivity index (χ4n) is 2.18. The molecular weight excluding hydrogens is 318 g/mol. The first kappa shape index (κ1) is 16.1. The second-order valence-corrected chi connectivity index (χ2v) is 6.11. The molecule has 1 fully saturated rings. The molecule has 0 bridgehead atoms. The molecule has 1 heterocycles. The number of benzene rings is 1. The highest BCUT2D eigenvalue weighted by Gasteiger charge is 2.30. The monoisotopic (exact) mass is 331 g/mol. The number of nitro groups is 1. The molecule has 120 valence electrons. The zero-order valence-electron chi connectivity index (χ0n) is 11.3. The molecule has 2 rings (SSSR count). The topological polar surface area (TPSA) is 153 Å². The van der Waals surface area contributed by atoms with Crippen molar-refractivity contribution in [1.82, 2.24) is 0 Å². The molecule has 1 saturated heterocycles. The van der Waals surface area contributed by atoms with E-state index in [1.54, 1.807) is 0 Å². The number of nitrogens with two attached hydrogens (primary N) is 1. The number of carboxylic acid groups (broad SMARTS) is 1. The van der Waals surface area contributed by atoms with Gasteiger partial charge in [-0.2, -0.15) is 0 Å². The van der Waals surface area contributed by atoms with E-state index < -0.39 is 37.1 Å². The van der Waals surface area contributed by atoms with Crippen molar-refractivity contribution >= 4 is 27.4 Å². The van der Waals surface area contributed by atoms with Gasteiger partial charge < -0.3 is 14.7 Å². The Kier molecular flexibility index (Phi) is 4.30. The molecule has 0 aromatic heterocycles. The van der Waals surface area contributed by atoms with Crippen LogP contribution in [-0.2, 0) is 14.8 Å². The Morgan fingerprint density at radius 2 is 1.95 bits per heavy atom. The molecule has 0 atom stereocenters. The maximum absolute atomic E-state index is 11.4. The quantitative estimate of drug-likeness (QED) is 0.567. The molecule has 1 aromatic carbocycles. The number of carbonyl (C=O) groups is 1. The third-order valence-electron chi connectivity index (χ3n) is 3.15. The van der Waals surface area contributed by atoms with Crippen LogP contribution in [0, 0.1) is 10.1 Å². The van der Waals surface area contributed by atoms with Crippen LogP contribution in [0.15, 0.2) is 17.0 Å². The number of carboxylic acids is 1. The van der Waals surface area contributed by atoms with E-state index in [-0.39, 0.29) is 32.0 Å². The van der Waals surface area contributed by atoms with Crippen LogP contribution in [0.4, 0.5) is 11.4 Å². The van der Waals surface area contributed by atoms with Crippen molar-refractivity contribution in [2.75, 3.05) is 31.2 Å². The number of hydrogen-bond donors (Lipinski definition) is 2. The molecular formula is C11H13N3O7S. The first-order valence-electron chi connectivity index (χ1n) is 6.13. The molecule has 0 aliphatic carbocycles. The molecule has 0 spiro atoms. The summed E-state index contributed by atoms with van der Waals surface area (Å²) in [5, 5.41) is 25.5. The standard InChI is InChI=1S/C11H13N3O7S/c12-22(19,20)7-5-8(11(15)16)10(9(6-7)14(17)18)13-1-3-21-4-2-13/h5-6H,1-4H2,(H,15,16)(H2,12,19,20). The summed E-state index contributed by atoms with van der Waals surface area (Å²) in [6.07, 6.45) is 0. The summed E-state index contributed by atoms with van der Waals surface area (Å²) in [7, 11) is -4.27. The van der Waals surface area contributed by atoms with Crippen LogP contribution in [0.1, 0.15) is 10.4 Å². The maximum atomic E-state index is 11.4. The third kappa shape index (κ3) is 3.16. The van der Waals surface area contributed by atoms with Gasteiger partial charge in [0.15, 0.2) is 0 Å². The van der Waals surface area contributed by atoms with Gasteiger partial charge in [0.1, 0.15) is 5.69 Å². The van der Waals surface area contributed by atoms with E-state index in [2.05, 4.69) is 0 Å². The minimum absolute atomic E-state index is 0.145. The molecule has 11 heteroatoms. The Morgan fingerprint density at radius 1 is 1.36 bits per heavy atom. The Bertz CT molecular complexity index is 690. The summed E-state index contributed by atoms with van der Waals surface area (Å²) in [6.45, 7) is 1.09. The predicted octanol–water partition coefficient (Wildman–Crippen LogP) is -0.223. The largest absolute Gasteiger partial charge is 0.478 e. The lowest BCUT2D eigenvalue weighted by molar-refractivity contribution is -0.384. The number of anilines is 1. The molecule has 1 aliphatic rings. The number of primary sulfonamides is 1. The Hall–Kier alpha value is -2.24. The van der Waals surface area contributed by atoms with Gasteiger partial charge in [-0.05, 0) is 6.07 Å². The summed E-state index contributed by atoms with van der Waals surface area (Å²) in [4.78, 5) is 22.7. The second-order valence-electron chi connectivity index (χ2n) is 4.55. The molecule has 0 amide bonds. The van der Waals surface area contributed by atoms with Crippen LogP contribution in [0.25, 0.3) is 0 Å². The van der Waals surface area contributed by atoms with Gasteiger partial charge in [0.05, 0.1) is 28.6 Å². The van der Waals surface area contributed by atoms with Gasteiger partial charge in [0.25, 0.3) is 5.69 Å². The number of hydrogen-bond acceptors (Lipinski definition) is 7. The molecule has 0 saturated carbocycles. The predicted molar refractivity (Wildman–Crippen MR) is 74.5 cm³/mol. The number of ether oxygens (including phenoxy) is 1. The van der Waals surface area contributed by atoms with Crippen molar-refractivity contribution in [3.8, 4) is 0 Å². The summed E-state index contributed by atoms with van der Waals surface area (Å²) in [5.74, 6) is -1.48. The van der Waals surface area contributed by atoms with E-state index in [9.17, 15) is 28.4 Å². The number of aromatic carboxylic acids is 1. The maximum Gasteiger partial charge on any atom is 0.338 e. The number of nitrogens with zero attached hydrogens (tertiary/aromatic N) is 2. The van der Waals surface area contributed by atoms with Crippen molar-refractivity contribution in [2.45, 2.75) is 4.90 Å². The van der Waals surface area contributed by atoms with Crippen molar-refractivity contribution in [1.29, 1.82) is 0 Å². The highest BCUT2D eigenvalue weighted by atomic mass is 32.2. The molecule has 10 nitrogen and oxygen atoms in total. The van der Waals surface area contributed by atoms with Crippen LogP contribution in [-0.4, -0.2) is 50.7 Å². The Balaban J connectivity index is 2.73. The summed E-state index contributed by atoms with van der Waals surface area (Å²) in [6, 6.07) is 1.60. The van der Waals surface area contributed by atoms with E-state index in [1.807, 2.05) is 0 Å². The third-order valence-corrected chi connectivity index (χ3v) is 4.04. The van der Waals surface area contributed by atoms with Crippen molar-refractivity contribution in [3.63, 3.8) is 0 Å². The minimum Gasteiger partial charge on any atom is -0.478 e. The SMILES string of the molecule is NS(=O)(=O)c1cc(C(=O)O)c(N2CCOCC2)c([N+](=O)[O-])c1. The van der Waals surface area contributed by atoms with E-state index in [4.69, 9.17) is 9.88 Å². The van der Waals surface area contributed by atoms with Gasteiger partial charge in [-0.15, -0.1) is 0 Å². The van der Waals surface area contributed by atoms with Crippen molar-refractivity contribution < 1.29 is 28.0 Å². The van der Waals surface area contributed by atoms with Gasteiger partial charge in [-0.1, -0.05) is 0 Å². The van der Waals surface area contributed by atoms with Crippen molar-refractivity contribution in [2.24, 2.45) is 5.14 Å². The average Bonchev–Trinajstić information content (AvgIpc) is 2.45. The van der Waals surface area contributed by atoms with E-state index in [1.165, 1.54) is 4.90 Å². The Morgan fingerprint density at radius 3 is 2.41 bits per heavy atom. The molecule has 3 N–H and O–H groups in total. The molecule has 22 heavy (non-hydrogen) atoms. The lowest BCUT2D eigenvalue weighted by atomic mass is 10.1. The molecule has 0 radical (unpaired) electrons. The zero-order chi connectivity index (χ0) is 16.5. The van der Waals surface area contributed by atoms with Crippen LogP contribution < -0.4 is 10.0 Å². The molecule has 1 aromatic rings.